The van der Waals surface area contributed by atoms with Crippen LogP contribution in [0, 0.1) is 0 Å². The molecule has 5 heteroatoms. The van der Waals surface area contributed by atoms with Crippen LogP contribution in [0.3, 0.4) is 0 Å². The van der Waals surface area contributed by atoms with Crippen molar-refractivity contribution in [1.29, 1.82) is 0 Å². The Morgan fingerprint density at radius 2 is 2.12 bits per heavy atom. The number of nitrogens with zero attached hydrogens (tertiary/aromatic N) is 1. The predicted molar refractivity (Wildman–Crippen MR) is 64.7 cm³/mol. The first kappa shape index (κ1) is 10.9. The summed E-state index contributed by atoms with van der Waals surface area (Å²) in [5.41, 5.74) is 6.38. The van der Waals surface area contributed by atoms with Crippen LogP contribution in [0.1, 0.15) is 10.4 Å². The summed E-state index contributed by atoms with van der Waals surface area (Å²) < 4.78 is 0. The number of rotatable bonds is 2. The molecule has 1 heterocycles. The highest BCUT2D eigenvalue weighted by Crippen LogP contribution is 2.16. The Morgan fingerprint density at radius 3 is 2.82 bits per heavy atom. The second-order valence-electron chi connectivity index (χ2n) is 3.45. The van der Waals surface area contributed by atoms with Gasteiger partial charge in [0.05, 0.1) is 5.69 Å². The number of aromatic nitrogens is 1. The molecule has 86 valence electrons. The number of nitrogens with one attached hydrogen (secondary N) is 1. The summed E-state index contributed by atoms with van der Waals surface area (Å²) in [4.78, 5) is 15.7. The standard InChI is InChI=1S/C12H11N3O2/c13-10-5-2-6-14-11(10)15-12(17)8-3-1-4-9(16)7-8/h1-7,16H,13H2,(H,14,15,17). The van der Waals surface area contributed by atoms with Gasteiger partial charge in [0.15, 0.2) is 5.82 Å². The van der Waals surface area contributed by atoms with Crippen LogP contribution in [-0.4, -0.2) is 16.0 Å². The molecule has 0 radical (unpaired) electrons. The predicted octanol–water partition coefficient (Wildman–Crippen LogP) is 1.62. The Labute approximate surface area is 97.9 Å². The van der Waals surface area contributed by atoms with E-state index in [0.29, 0.717) is 17.1 Å². The number of benzene rings is 1. The minimum absolute atomic E-state index is 0.0339. The number of anilines is 2. The molecule has 1 aromatic heterocycles. The summed E-state index contributed by atoms with van der Waals surface area (Å²) >= 11 is 0. The van der Waals surface area contributed by atoms with E-state index in [1.807, 2.05) is 0 Å². The lowest BCUT2D eigenvalue weighted by molar-refractivity contribution is 0.102. The van der Waals surface area contributed by atoms with Crippen molar-refractivity contribution in [3.05, 3.63) is 48.2 Å². The number of carbonyl (C=O) groups excluding carboxylic acids is 1. The Bertz CT molecular complexity index is 555. The highest BCUT2D eigenvalue weighted by molar-refractivity contribution is 6.05. The van der Waals surface area contributed by atoms with Gasteiger partial charge in [0, 0.05) is 11.8 Å². The summed E-state index contributed by atoms with van der Waals surface area (Å²) in [6, 6.07) is 9.37. The van der Waals surface area contributed by atoms with Gasteiger partial charge in [-0.2, -0.15) is 0 Å². The van der Waals surface area contributed by atoms with Crippen LogP contribution in [0.5, 0.6) is 5.75 Å². The highest BCUT2D eigenvalue weighted by Gasteiger charge is 2.08. The molecule has 2 rings (SSSR count). The maximum atomic E-state index is 11.8. The number of carbonyl (C=O) groups is 1. The highest BCUT2D eigenvalue weighted by atomic mass is 16.3. The molecule has 17 heavy (non-hydrogen) atoms. The fourth-order valence-corrected chi connectivity index (χ4v) is 1.35. The van der Waals surface area contributed by atoms with E-state index >= 15 is 0 Å². The van der Waals surface area contributed by atoms with Gasteiger partial charge in [-0.1, -0.05) is 6.07 Å². The number of amides is 1. The molecule has 0 saturated carbocycles. The molecule has 0 spiro atoms. The molecule has 1 aromatic carbocycles. The van der Waals surface area contributed by atoms with Gasteiger partial charge in [0.25, 0.3) is 5.91 Å². The topological polar surface area (TPSA) is 88.2 Å². The van der Waals surface area contributed by atoms with E-state index in [1.54, 1.807) is 24.3 Å². The van der Waals surface area contributed by atoms with Gasteiger partial charge in [-0.25, -0.2) is 4.98 Å². The van der Waals surface area contributed by atoms with Crippen molar-refractivity contribution in [2.24, 2.45) is 0 Å². The van der Waals surface area contributed by atoms with Gasteiger partial charge in [0.2, 0.25) is 0 Å². The lowest BCUT2D eigenvalue weighted by atomic mass is 10.2. The second-order valence-corrected chi connectivity index (χ2v) is 3.45. The molecule has 1 amide bonds. The number of phenols is 1. The van der Waals surface area contributed by atoms with Crippen LogP contribution >= 0.6 is 0 Å². The van der Waals surface area contributed by atoms with Crippen molar-refractivity contribution in [1.82, 2.24) is 4.98 Å². The number of nitrogens with two attached hydrogens (primary N) is 1. The van der Waals surface area contributed by atoms with Gasteiger partial charge < -0.3 is 16.2 Å². The number of hydrogen-bond donors (Lipinski definition) is 3. The SMILES string of the molecule is Nc1cccnc1NC(=O)c1cccc(O)c1. The summed E-state index contributed by atoms with van der Waals surface area (Å²) in [5, 5.41) is 11.8. The van der Waals surface area contributed by atoms with Crippen LogP contribution in [0.2, 0.25) is 0 Å². The fraction of sp³-hybridized carbons (Fsp3) is 0. The van der Waals surface area contributed by atoms with Crippen LogP contribution in [0.25, 0.3) is 0 Å². The number of aromatic hydroxyl groups is 1. The lowest BCUT2D eigenvalue weighted by Gasteiger charge is -2.06. The molecule has 0 aliphatic heterocycles. The molecule has 4 N–H and O–H groups in total. The number of phenolic OH excluding ortho intramolecular Hbond substituents is 1. The van der Waals surface area contributed by atoms with Crippen molar-refractivity contribution in [3.63, 3.8) is 0 Å². The minimum Gasteiger partial charge on any atom is -0.508 e. The van der Waals surface area contributed by atoms with E-state index in [2.05, 4.69) is 10.3 Å². The monoisotopic (exact) mass is 229 g/mol. The molecule has 0 bridgehead atoms. The second kappa shape index (κ2) is 4.52. The molecule has 0 unspecified atom stereocenters. The molecule has 0 aliphatic carbocycles. The quantitative estimate of drug-likeness (QED) is 0.730. The molecule has 0 fully saturated rings. The molecule has 5 nitrogen and oxygen atoms in total. The zero-order valence-electron chi connectivity index (χ0n) is 8.92. The van der Waals surface area contributed by atoms with Crippen molar-refractivity contribution >= 4 is 17.4 Å². The van der Waals surface area contributed by atoms with E-state index in [4.69, 9.17) is 5.73 Å². The van der Waals surface area contributed by atoms with Crippen LogP contribution in [0.4, 0.5) is 11.5 Å². The van der Waals surface area contributed by atoms with Crippen molar-refractivity contribution in [2.75, 3.05) is 11.1 Å². The summed E-state index contributed by atoms with van der Waals surface area (Å²) in [5.74, 6) is -0.0289. The maximum absolute atomic E-state index is 11.8. The summed E-state index contributed by atoms with van der Waals surface area (Å²) in [6.45, 7) is 0. The van der Waals surface area contributed by atoms with Gasteiger partial charge in [0.1, 0.15) is 5.75 Å². The van der Waals surface area contributed by atoms with E-state index in [0.717, 1.165) is 0 Å². The zero-order valence-corrected chi connectivity index (χ0v) is 8.92. The van der Waals surface area contributed by atoms with Gasteiger partial charge >= 0.3 is 0 Å². The lowest BCUT2D eigenvalue weighted by Crippen LogP contribution is -2.14. The van der Waals surface area contributed by atoms with Crippen LogP contribution < -0.4 is 11.1 Å². The average Bonchev–Trinajstić information content (AvgIpc) is 2.32. The third-order valence-corrected chi connectivity index (χ3v) is 2.18. The number of pyridine rings is 1. The molecular formula is C12H11N3O2. The molecule has 0 aliphatic rings. The van der Waals surface area contributed by atoms with Crippen LogP contribution in [-0.2, 0) is 0 Å². The van der Waals surface area contributed by atoms with Crippen LogP contribution in [0.15, 0.2) is 42.6 Å². The van der Waals surface area contributed by atoms with E-state index in [9.17, 15) is 9.90 Å². The van der Waals surface area contributed by atoms with Gasteiger partial charge in [-0.05, 0) is 30.3 Å². The van der Waals surface area contributed by atoms with E-state index < -0.39 is 0 Å². The Balaban J connectivity index is 2.20. The minimum atomic E-state index is -0.369. The van der Waals surface area contributed by atoms with Crippen molar-refractivity contribution < 1.29 is 9.90 Å². The Kier molecular flexibility index (Phi) is 2.91. The van der Waals surface area contributed by atoms with Gasteiger partial charge in [-0.3, -0.25) is 4.79 Å². The Morgan fingerprint density at radius 1 is 1.29 bits per heavy atom. The summed E-state index contributed by atoms with van der Waals surface area (Å²) in [7, 11) is 0. The molecule has 0 saturated heterocycles. The normalized spacial score (nSPS) is 9.88. The zero-order chi connectivity index (χ0) is 12.3. The van der Waals surface area contributed by atoms with E-state index in [-0.39, 0.29) is 11.7 Å². The third-order valence-electron chi connectivity index (χ3n) is 2.18. The van der Waals surface area contributed by atoms with E-state index in [1.165, 1.54) is 18.3 Å². The first-order chi connectivity index (χ1) is 8.16. The van der Waals surface area contributed by atoms with Crippen molar-refractivity contribution in [3.8, 4) is 5.75 Å². The molecule has 2 aromatic rings. The van der Waals surface area contributed by atoms with Gasteiger partial charge in [-0.15, -0.1) is 0 Å². The number of hydrogen-bond acceptors (Lipinski definition) is 4. The summed E-state index contributed by atoms with van der Waals surface area (Å²) in [6.07, 6.45) is 1.54. The largest absolute Gasteiger partial charge is 0.508 e. The maximum Gasteiger partial charge on any atom is 0.257 e. The third kappa shape index (κ3) is 2.52. The number of nitrogen functional groups attached to an aromatic ring is 1. The molecular weight excluding hydrogens is 218 g/mol. The fourth-order valence-electron chi connectivity index (χ4n) is 1.35. The van der Waals surface area contributed by atoms with Crippen molar-refractivity contribution in [2.45, 2.75) is 0 Å². The Hall–Kier alpha value is -2.56. The smallest absolute Gasteiger partial charge is 0.257 e. The first-order valence-electron chi connectivity index (χ1n) is 4.97. The average molecular weight is 229 g/mol. The first-order valence-corrected chi connectivity index (χ1v) is 4.97. The molecule has 0 atom stereocenters.